The molecule has 0 saturated carbocycles. The maximum Gasteiger partial charge on any atom is 0.490 e. The van der Waals surface area contributed by atoms with E-state index in [0.717, 1.165) is 56.4 Å². The van der Waals surface area contributed by atoms with Crippen molar-refractivity contribution in [1.82, 2.24) is 15.3 Å². The normalized spacial score (nSPS) is 16.1. The summed E-state index contributed by atoms with van der Waals surface area (Å²) in [4.78, 5) is 31.5. The van der Waals surface area contributed by atoms with E-state index >= 15 is 0 Å². The molecule has 8 nitrogen and oxygen atoms in total. The highest BCUT2D eigenvalue weighted by Gasteiger charge is 2.38. The number of carbonyl (C=O) groups excluding carboxylic acids is 1. The minimum atomic E-state index is -5.08. The Hall–Kier alpha value is -3.65. The lowest BCUT2D eigenvalue weighted by molar-refractivity contribution is -0.192. The van der Waals surface area contributed by atoms with Crippen LogP contribution in [0.5, 0.6) is 0 Å². The average molecular weight is 475 g/mol. The fourth-order valence-electron chi connectivity index (χ4n) is 3.93. The summed E-state index contributed by atoms with van der Waals surface area (Å²) in [6.07, 6.45) is 4.16. The monoisotopic (exact) mass is 475 g/mol. The molecule has 1 aliphatic heterocycles. The molecule has 0 unspecified atom stereocenters. The van der Waals surface area contributed by atoms with Crippen molar-refractivity contribution < 1.29 is 27.9 Å². The van der Waals surface area contributed by atoms with Crippen LogP contribution < -0.4 is 10.6 Å². The summed E-state index contributed by atoms with van der Waals surface area (Å²) in [7, 11) is 0. The SMILES string of the molecule is O=C(O)C(F)(F)F.[C-]#[N+]c1cnc(C(=O)Nc2ccc(C3CCNCC3)cc2C2=CCCC2)[nH]1. The van der Waals surface area contributed by atoms with Crippen LogP contribution in [0.25, 0.3) is 10.4 Å². The van der Waals surface area contributed by atoms with Gasteiger partial charge in [0.25, 0.3) is 5.82 Å². The Labute approximate surface area is 194 Å². The lowest BCUT2D eigenvalue weighted by atomic mass is 9.87. The van der Waals surface area contributed by atoms with E-state index in [-0.39, 0.29) is 17.5 Å². The number of amides is 1. The first-order valence-corrected chi connectivity index (χ1v) is 10.8. The van der Waals surface area contributed by atoms with Crippen LogP contribution in [0.2, 0.25) is 0 Å². The smallest absolute Gasteiger partial charge is 0.475 e. The number of H-pyrrole nitrogens is 1. The number of halogens is 3. The third kappa shape index (κ3) is 6.45. The molecule has 0 radical (unpaired) electrons. The Kier molecular flexibility index (Phi) is 8.07. The zero-order valence-electron chi connectivity index (χ0n) is 18.2. The molecule has 11 heteroatoms. The van der Waals surface area contributed by atoms with Gasteiger partial charge in [-0.15, -0.1) is 0 Å². The third-order valence-corrected chi connectivity index (χ3v) is 5.63. The molecule has 180 valence electrons. The lowest BCUT2D eigenvalue weighted by Crippen LogP contribution is -2.26. The molecule has 2 heterocycles. The van der Waals surface area contributed by atoms with Gasteiger partial charge in [-0.05, 0) is 74.4 Å². The van der Waals surface area contributed by atoms with Gasteiger partial charge in [-0.2, -0.15) is 13.2 Å². The van der Waals surface area contributed by atoms with Crippen molar-refractivity contribution >= 4 is 29.0 Å². The summed E-state index contributed by atoms with van der Waals surface area (Å²) in [5.74, 6) is -2.08. The summed E-state index contributed by atoms with van der Waals surface area (Å²) in [6.45, 7) is 9.11. The van der Waals surface area contributed by atoms with Crippen LogP contribution in [0.15, 0.2) is 30.5 Å². The summed E-state index contributed by atoms with van der Waals surface area (Å²) in [5.41, 5.74) is 4.59. The number of carboxylic acids is 1. The molecule has 1 aromatic carbocycles. The Morgan fingerprint density at radius 2 is 1.94 bits per heavy atom. The number of aromatic amines is 1. The fraction of sp³-hybridized carbons (Fsp3) is 0.391. The number of piperidine rings is 1. The van der Waals surface area contributed by atoms with Gasteiger partial charge in [0, 0.05) is 11.3 Å². The number of carboxylic acid groups (broad SMARTS) is 1. The first-order valence-electron chi connectivity index (χ1n) is 10.8. The largest absolute Gasteiger partial charge is 0.490 e. The highest BCUT2D eigenvalue weighted by molar-refractivity contribution is 6.03. The van der Waals surface area contributed by atoms with Crippen LogP contribution in [0.4, 0.5) is 24.7 Å². The number of anilines is 1. The van der Waals surface area contributed by atoms with Crippen LogP contribution >= 0.6 is 0 Å². The standard InChI is InChI=1S/C21H23N5O.C2HF3O2/c1-22-19-13-24-20(26-19)21(27)25-18-7-6-16(14-8-10-23-11-9-14)12-17(18)15-4-2-3-5-15;3-2(4,5)1(6)7/h4,6-7,12-14,23H,2-3,5,8-11H2,(H,24,26)(H,25,27);(H,6,7). The third-order valence-electron chi connectivity index (χ3n) is 5.63. The molecule has 0 spiro atoms. The number of nitrogens with one attached hydrogen (secondary N) is 3. The molecule has 2 aliphatic rings. The van der Waals surface area contributed by atoms with Crippen molar-refractivity contribution in [3.05, 3.63) is 58.8 Å². The molecule has 1 saturated heterocycles. The first kappa shape index (κ1) is 25.0. The molecule has 1 aliphatic carbocycles. The summed E-state index contributed by atoms with van der Waals surface area (Å²) in [6, 6.07) is 6.41. The van der Waals surface area contributed by atoms with E-state index in [1.165, 1.54) is 17.3 Å². The molecule has 1 amide bonds. The molecule has 2 aromatic rings. The first-order chi connectivity index (χ1) is 16.2. The highest BCUT2D eigenvalue weighted by atomic mass is 19.4. The zero-order valence-corrected chi connectivity index (χ0v) is 18.2. The Morgan fingerprint density at radius 3 is 2.50 bits per heavy atom. The number of aliphatic carboxylic acids is 1. The van der Waals surface area contributed by atoms with E-state index in [9.17, 15) is 18.0 Å². The minimum absolute atomic E-state index is 0.162. The van der Waals surface area contributed by atoms with Gasteiger partial charge in [-0.1, -0.05) is 18.7 Å². The molecule has 1 fully saturated rings. The Morgan fingerprint density at radius 1 is 1.24 bits per heavy atom. The van der Waals surface area contributed by atoms with Gasteiger partial charge in [0.1, 0.15) is 0 Å². The predicted molar refractivity (Wildman–Crippen MR) is 120 cm³/mol. The van der Waals surface area contributed by atoms with E-state index in [4.69, 9.17) is 16.5 Å². The second-order valence-corrected chi connectivity index (χ2v) is 7.94. The second-order valence-electron chi connectivity index (χ2n) is 7.94. The highest BCUT2D eigenvalue weighted by Crippen LogP contribution is 2.36. The van der Waals surface area contributed by atoms with Gasteiger partial charge < -0.3 is 20.6 Å². The van der Waals surface area contributed by atoms with Gasteiger partial charge in [0.05, 0.1) is 6.20 Å². The van der Waals surface area contributed by atoms with Crippen LogP contribution in [0, 0.1) is 6.57 Å². The van der Waals surface area contributed by atoms with Crippen molar-refractivity contribution in [2.24, 2.45) is 0 Å². The number of hydrogen-bond acceptors (Lipinski definition) is 4. The minimum Gasteiger partial charge on any atom is -0.475 e. The summed E-state index contributed by atoms with van der Waals surface area (Å²) >= 11 is 0. The van der Waals surface area contributed by atoms with Crippen LogP contribution in [-0.4, -0.2) is 46.2 Å². The number of allylic oxidation sites excluding steroid dienone is 2. The Balaban J connectivity index is 0.000000406. The number of imidazole rings is 1. The van der Waals surface area contributed by atoms with Gasteiger partial charge in [-0.3, -0.25) is 9.78 Å². The van der Waals surface area contributed by atoms with Crippen LogP contribution in [0.3, 0.4) is 0 Å². The number of carbonyl (C=O) groups is 2. The number of benzene rings is 1. The second kappa shape index (κ2) is 11.0. The number of nitrogens with zero attached hydrogens (tertiary/aromatic N) is 2. The molecular formula is C23H24F3N5O3. The zero-order chi connectivity index (χ0) is 24.7. The van der Waals surface area contributed by atoms with Crippen molar-refractivity contribution in [3.8, 4) is 0 Å². The van der Waals surface area contributed by atoms with Gasteiger partial charge >= 0.3 is 18.1 Å². The van der Waals surface area contributed by atoms with Crippen molar-refractivity contribution in [2.75, 3.05) is 18.4 Å². The van der Waals surface area contributed by atoms with E-state index in [1.807, 2.05) is 6.07 Å². The van der Waals surface area contributed by atoms with E-state index in [2.05, 4.69) is 43.7 Å². The van der Waals surface area contributed by atoms with E-state index in [1.54, 1.807) is 0 Å². The topological polar surface area (TPSA) is 111 Å². The molecule has 34 heavy (non-hydrogen) atoms. The maximum atomic E-state index is 12.6. The predicted octanol–water partition coefficient (Wildman–Crippen LogP) is 4.88. The van der Waals surface area contributed by atoms with Crippen LogP contribution in [0.1, 0.15) is 59.8 Å². The number of hydrogen-bond donors (Lipinski definition) is 4. The Bertz CT molecular complexity index is 1110. The van der Waals surface area contributed by atoms with Crippen molar-refractivity contribution in [2.45, 2.75) is 44.2 Å². The number of rotatable bonds is 4. The molecular weight excluding hydrogens is 451 g/mol. The molecule has 4 N–H and O–H groups in total. The quantitative estimate of drug-likeness (QED) is 0.471. The van der Waals surface area contributed by atoms with Crippen molar-refractivity contribution in [3.63, 3.8) is 0 Å². The van der Waals surface area contributed by atoms with E-state index in [0.29, 0.717) is 5.92 Å². The lowest BCUT2D eigenvalue weighted by Gasteiger charge is -2.24. The van der Waals surface area contributed by atoms with Gasteiger partial charge in [0.15, 0.2) is 0 Å². The van der Waals surface area contributed by atoms with Gasteiger partial charge in [0.2, 0.25) is 5.82 Å². The number of alkyl halides is 3. The summed E-state index contributed by atoms with van der Waals surface area (Å²) in [5, 5.41) is 13.5. The van der Waals surface area contributed by atoms with Gasteiger partial charge in [-0.25, -0.2) is 9.78 Å². The van der Waals surface area contributed by atoms with Crippen LogP contribution in [-0.2, 0) is 4.79 Å². The number of aromatic nitrogens is 2. The van der Waals surface area contributed by atoms with Crippen molar-refractivity contribution in [1.29, 1.82) is 0 Å². The molecule has 1 aromatic heterocycles. The fourth-order valence-corrected chi connectivity index (χ4v) is 3.93. The molecule has 0 bridgehead atoms. The summed E-state index contributed by atoms with van der Waals surface area (Å²) < 4.78 is 31.7. The maximum absolute atomic E-state index is 12.6. The van der Waals surface area contributed by atoms with E-state index < -0.39 is 12.1 Å². The molecule has 0 atom stereocenters. The molecule has 4 rings (SSSR count). The average Bonchev–Trinajstić information content (AvgIpc) is 3.52.